The second-order valence-corrected chi connectivity index (χ2v) is 5.66. The first-order valence-electron chi connectivity index (χ1n) is 7.63. The Morgan fingerprint density at radius 2 is 1.96 bits per heavy atom. The number of hydrogen-bond donors (Lipinski definition) is 3. The molecule has 0 radical (unpaired) electrons. The van der Waals surface area contributed by atoms with Crippen molar-refractivity contribution >= 4 is 34.8 Å². The number of carbonyl (C=O) groups is 1. The molecule has 1 heterocycles. The zero-order valence-electron chi connectivity index (χ0n) is 14.0. The number of amides is 1. The molecular weight excluding hydrogens is 374 g/mol. The first-order chi connectivity index (χ1) is 13.1. The molecule has 0 fully saturated rings. The molecule has 0 aliphatic rings. The maximum absolute atomic E-state index is 12.4. The topological polar surface area (TPSA) is 122 Å². The number of hydrogen-bond acceptors (Lipinski definition) is 7. The summed E-state index contributed by atoms with van der Waals surface area (Å²) in [5.74, 6) is 0.0760. The lowest BCUT2D eigenvalue weighted by Gasteiger charge is -2.08. The van der Waals surface area contributed by atoms with Gasteiger partial charge < -0.3 is 20.6 Å². The highest BCUT2D eigenvalue weighted by Crippen LogP contribution is 2.19. The van der Waals surface area contributed by atoms with E-state index < -0.39 is 5.91 Å². The largest absolute Gasteiger partial charge is 0.497 e. The molecule has 1 aromatic heterocycles. The fraction of sp³-hybridized carbons (Fsp3) is 0.0588. The molecule has 0 saturated heterocycles. The predicted molar refractivity (Wildman–Crippen MR) is 98.6 cm³/mol. The number of nitrogens with one attached hydrogen (secondary N) is 2. The van der Waals surface area contributed by atoms with Crippen molar-refractivity contribution in [1.82, 2.24) is 10.3 Å². The maximum Gasteiger partial charge on any atom is 0.256 e. The van der Waals surface area contributed by atoms with Gasteiger partial charge in [-0.3, -0.25) is 4.79 Å². The normalized spacial score (nSPS) is 11.1. The van der Waals surface area contributed by atoms with Crippen LogP contribution in [0.5, 0.6) is 5.75 Å². The lowest BCUT2D eigenvalue weighted by atomic mass is 10.2. The quantitative estimate of drug-likeness (QED) is 0.266. The standard InChI is InChI=1S/C17H14ClN5O4/c1-26-13-7-5-10(6-8-13)17(24)20-16-14(22-27-23-16)15(21-25)19-12-4-2-3-11(18)9-12/h2-9,25H,1H3,(H,19,21)(H,20,23,24). The van der Waals surface area contributed by atoms with Crippen molar-refractivity contribution in [2.75, 3.05) is 17.7 Å². The molecule has 3 aromatic rings. The van der Waals surface area contributed by atoms with Crippen LogP contribution in [0.3, 0.4) is 0 Å². The SMILES string of the molecule is COc1ccc(C(=O)Nc2nonc2/C(=N\O)Nc2cccc(Cl)c2)cc1. The highest BCUT2D eigenvalue weighted by Gasteiger charge is 2.20. The van der Waals surface area contributed by atoms with Crippen molar-refractivity contribution in [1.29, 1.82) is 0 Å². The summed E-state index contributed by atoms with van der Waals surface area (Å²) in [6.45, 7) is 0. The molecule has 27 heavy (non-hydrogen) atoms. The van der Waals surface area contributed by atoms with Crippen molar-refractivity contribution in [3.05, 3.63) is 64.8 Å². The van der Waals surface area contributed by atoms with E-state index in [2.05, 4.69) is 30.7 Å². The lowest BCUT2D eigenvalue weighted by Crippen LogP contribution is -2.19. The minimum atomic E-state index is -0.449. The minimum absolute atomic E-state index is 0.0133. The van der Waals surface area contributed by atoms with E-state index in [9.17, 15) is 10.0 Å². The summed E-state index contributed by atoms with van der Waals surface area (Å²) >= 11 is 5.93. The Hall–Kier alpha value is -3.59. The number of benzene rings is 2. The van der Waals surface area contributed by atoms with Crippen molar-refractivity contribution in [2.45, 2.75) is 0 Å². The summed E-state index contributed by atoms with van der Waals surface area (Å²) in [6, 6.07) is 13.2. The molecule has 9 nitrogen and oxygen atoms in total. The van der Waals surface area contributed by atoms with Gasteiger partial charge in [0, 0.05) is 16.3 Å². The van der Waals surface area contributed by atoms with Gasteiger partial charge >= 0.3 is 0 Å². The maximum atomic E-state index is 12.4. The van der Waals surface area contributed by atoms with Crippen LogP contribution in [0.1, 0.15) is 16.1 Å². The predicted octanol–water partition coefficient (Wildman–Crippen LogP) is 3.23. The van der Waals surface area contributed by atoms with Gasteiger partial charge in [0.1, 0.15) is 5.75 Å². The fourth-order valence-electron chi connectivity index (χ4n) is 2.18. The average molecular weight is 388 g/mol. The molecule has 138 valence electrons. The van der Waals surface area contributed by atoms with Crippen LogP contribution in [-0.2, 0) is 0 Å². The zero-order valence-corrected chi connectivity index (χ0v) is 14.8. The second kappa shape index (κ2) is 8.19. The number of anilines is 2. The first-order valence-corrected chi connectivity index (χ1v) is 8.01. The van der Waals surface area contributed by atoms with Gasteiger partial charge in [0.2, 0.25) is 11.7 Å². The Kier molecular flexibility index (Phi) is 5.53. The van der Waals surface area contributed by atoms with E-state index in [0.717, 1.165) is 0 Å². The number of methoxy groups -OCH3 is 1. The fourth-order valence-corrected chi connectivity index (χ4v) is 2.37. The Bertz CT molecular complexity index is 971. The van der Waals surface area contributed by atoms with Gasteiger partial charge in [-0.1, -0.05) is 22.8 Å². The van der Waals surface area contributed by atoms with Gasteiger partial charge in [0.15, 0.2) is 5.69 Å². The monoisotopic (exact) mass is 387 g/mol. The molecule has 3 rings (SSSR count). The molecule has 0 bridgehead atoms. The van der Waals surface area contributed by atoms with Crippen LogP contribution in [0, 0.1) is 0 Å². The van der Waals surface area contributed by atoms with E-state index in [1.54, 1.807) is 48.5 Å². The van der Waals surface area contributed by atoms with Gasteiger partial charge in [0.05, 0.1) is 7.11 Å². The Morgan fingerprint density at radius 1 is 1.19 bits per heavy atom. The highest BCUT2D eigenvalue weighted by molar-refractivity contribution is 6.31. The van der Waals surface area contributed by atoms with Gasteiger partial charge in [-0.15, -0.1) is 0 Å². The molecular formula is C17H14ClN5O4. The van der Waals surface area contributed by atoms with Gasteiger partial charge in [-0.2, -0.15) is 0 Å². The van der Waals surface area contributed by atoms with E-state index in [0.29, 0.717) is 22.0 Å². The molecule has 0 saturated carbocycles. The average Bonchev–Trinajstić information content (AvgIpc) is 3.14. The zero-order chi connectivity index (χ0) is 19.2. The van der Waals surface area contributed by atoms with Gasteiger partial charge in [-0.25, -0.2) is 4.63 Å². The number of oxime groups is 1. The number of amidine groups is 1. The number of carbonyl (C=O) groups excluding carboxylic acids is 1. The van der Waals surface area contributed by atoms with Crippen LogP contribution in [0.4, 0.5) is 11.5 Å². The molecule has 0 aliphatic carbocycles. The third-order valence-corrected chi connectivity index (χ3v) is 3.72. The third-order valence-electron chi connectivity index (χ3n) is 3.48. The van der Waals surface area contributed by atoms with E-state index in [1.165, 1.54) is 7.11 Å². The first kappa shape index (κ1) is 18.2. The highest BCUT2D eigenvalue weighted by atomic mass is 35.5. The van der Waals surface area contributed by atoms with Crippen LogP contribution in [0.25, 0.3) is 0 Å². The number of ether oxygens (including phenoxy) is 1. The van der Waals surface area contributed by atoms with Crippen LogP contribution in [0.2, 0.25) is 5.02 Å². The van der Waals surface area contributed by atoms with E-state index >= 15 is 0 Å². The number of aromatic nitrogens is 2. The van der Waals surface area contributed by atoms with Crippen molar-refractivity contribution in [3.8, 4) is 5.75 Å². The molecule has 1 amide bonds. The van der Waals surface area contributed by atoms with Crippen molar-refractivity contribution < 1.29 is 19.4 Å². The molecule has 0 spiro atoms. The molecule has 10 heteroatoms. The third kappa shape index (κ3) is 4.33. The smallest absolute Gasteiger partial charge is 0.256 e. The summed E-state index contributed by atoms with van der Waals surface area (Å²) in [7, 11) is 1.53. The molecule has 0 aliphatic heterocycles. The van der Waals surface area contributed by atoms with E-state index in [1.807, 2.05) is 0 Å². The Balaban J connectivity index is 1.78. The number of rotatable bonds is 5. The molecule has 0 unspecified atom stereocenters. The number of nitrogens with zero attached hydrogens (tertiary/aromatic N) is 3. The molecule has 0 atom stereocenters. The van der Waals surface area contributed by atoms with Crippen LogP contribution in [0.15, 0.2) is 58.3 Å². The van der Waals surface area contributed by atoms with Crippen LogP contribution < -0.4 is 15.4 Å². The summed E-state index contributed by atoms with van der Waals surface area (Å²) in [6.07, 6.45) is 0. The minimum Gasteiger partial charge on any atom is -0.497 e. The van der Waals surface area contributed by atoms with E-state index in [-0.39, 0.29) is 17.3 Å². The van der Waals surface area contributed by atoms with E-state index in [4.69, 9.17) is 16.3 Å². The van der Waals surface area contributed by atoms with Gasteiger partial charge in [0.25, 0.3) is 5.91 Å². The van der Waals surface area contributed by atoms with Crippen molar-refractivity contribution in [2.24, 2.45) is 5.16 Å². The summed E-state index contributed by atoms with van der Waals surface area (Å²) in [5.41, 5.74) is 0.931. The lowest BCUT2D eigenvalue weighted by molar-refractivity contribution is 0.102. The summed E-state index contributed by atoms with van der Waals surface area (Å²) in [5, 5.41) is 25.7. The van der Waals surface area contributed by atoms with Gasteiger partial charge in [-0.05, 0) is 52.8 Å². The second-order valence-electron chi connectivity index (χ2n) is 5.23. The van der Waals surface area contributed by atoms with Crippen molar-refractivity contribution in [3.63, 3.8) is 0 Å². The number of halogens is 1. The molecule has 3 N–H and O–H groups in total. The summed E-state index contributed by atoms with van der Waals surface area (Å²) < 4.78 is 9.73. The van der Waals surface area contributed by atoms with Crippen LogP contribution in [-0.4, -0.2) is 34.4 Å². The van der Waals surface area contributed by atoms with Crippen LogP contribution >= 0.6 is 11.6 Å². The molecule has 2 aromatic carbocycles. The Morgan fingerprint density at radius 3 is 2.63 bits per heavy atom. The summed E-state index contributed by atoms with van der Waals surface area (Å²) in [4.78, 5) is 12.4. The Labute approximate surface area is 158 Å².